The van der Waals surface area contributed by atoms with Crippen molar-refractivity contribution in [3.63, 3.8) is 0 Å². The van der Waals surface area contributed by atoms with Gasteiger partial charge in [0, 0.05) is 19.1 Å². The Morgan fingerprint density at radius 3 is 2.50 bits per heavy atom. The van der Waals surface area contributed by atoms with Gasteiger partial charge in [0.2, 0.25) is 0 Å². The number of carboxylic acids is 2. The average Bonchev–Trinajstić information content (AvgIpc) is 2.74. The van der Waals surface area contributed by atoms with E-state index in [1.807, 2.05) is 19.0 Å². The van der Waals surface area contributed by atoms with Crippen LogP contribution < -0.4 is 5.32 Å². The normalized spacial score (nSPS) is 19.9. The number of rotatable bonds is 6. The van der Waals surface area contributed by atoms with Gasteiger partial charge in [0.1, 0.15) is 6.04 Å². The quantitative estimate of drug-likeness (QED) is 0.616. The molecule has 0 aromatic carbocycles. The highest BCUT2D eigenvalue weighted by atomic mass is 16.4. The number of urea groups is 1. The van der Waals surface area contributed by atoms with Crippen molar-refractivity contribution in [3.05, 3.63) is 0 Å². The Labute approximate surface area is 117 Å². The van der Waals surface area contributed by atoms with Crippen molar-refractivity contribution in [3.8, 4) is 0 Å². The van der Waals surface area contributed by atoms with Crippen molar-refractivity contribution in [1.29, 1.82) is 0 Å². The van der Waals surface area contributed by atoms with Crippen LogP contribution in [0.5, 0.6) is 0 Å². The number of carbonyl (C=O) groups is 3. The average molecular weight is 287 g/mol. The second kappa shape index (κ2) is 7.09. The number of likely N-dealkylation sites (tertiary alicyclic amines) is 1. The largest absolute Gasteiger partial charge is 0.481 e. The van der Waals surface area contributed by atoms with Crippen LogP contribution in [0.4, 0.5) is 4.79 Å². The molecule has 20 heavy (non-hydrogen) atoms. The van der Waals surface area contributed by atoms with E-state index in [-0.39, 0.29) is 6.04 Å². The molecular formula is C12H21N3O5. The molecule has 0 saturated carbocycles. The van der Waals surface area contributed by atoms with Crippen molar-refractivity contribution < 1.29 is 24.6 Å². The fraction of sp³-hybridized carbons (Fsp3) is 0.750. The Morgan fingerprint density at radius 2 is 2.00 bits per heavy atom. The van der Waals surface area contributed by atoms with Gasteiger partial charge >= 0.3 is 18.0 Å². The van der Waals surface area contributed by atoms with Crippen LogP contribution in [-0.2, 0) is 9.59 Å². The van der Waals surface area contributed by atoms with Gasteiger partial charge in [-0.15, -0.1) is 0 Å². The number of amides is 2. The molecule has 0 spiro atoms. The van der Waals surface area contributed by atoms with Gasteiger partial charge in [-0.25, -0.2) is 9.59 Å². The zero-order chi connectivity index (χ0) is 15.3. The lowest BCUT2D eigenvalue weighted by atomic mass is 10.2. The molecule has 8 nitrogen and oxygen atoms in total. The Hall–Kier alpha value is -1.83. The van der Waals surface area contributed by atoms with E-state index in [4.69, 9.17) is 10.2 Å². The van der Waals surface area contributed by atoms with E-state index in [1.165, 1.54) is 0 Å². The van der Waals surface area contributed by atoms with E-state index >= 15 is 0 Å². The molecule has 1 saturated heterocycles. The molecule has 3 N–H and O–H groups in total. The van der Waals surface area contributed by atoms with Crippen LogP contribution in [0.25, 0.3) is 0 Å². The van der Waals surface area contributed by atoms with Crippen molar-refractivity contribution in [2.75, 3.05) is 27.2 Å². The second-order valence-corrected chi connectivity index (χ2v) is 5.19. The third kappa shape index (κ3) is 4.69. The van der Waals surface area contributed by atoms with E-state index in [9.17, 15) is 14.4 Å². The van der Waals surface area contributed by atoms with Crippen molar-refractivity contribution >= 4 is 18.0 Å². The van der Waals surface area contributed by atoms with Gasteiger partial charge in [0.25, 0.3) is 0 Å². The van der Waals surface area contributed by atoms with Gasteiger partial charge in [-0.05, 0) is 26.9 Å². The number of likely N-dealkylation sites (N-methyl/N-ethyl adjacent to an activating group) is 1. The highest BCUT2D eigenvalue weighted by Crippen LogP contribution is 2.18. The van der Waals surface area contributed by atoms with Crippen LogP contribution in [0.2, 0.25) is 0 Å². The molecule has 1 heterocycles. The number of nitrogens with one attached hydrogen (secondary N) is 1. The van der Waals surface area contributed by atoms with Crippen LogP contribution in [0.3, 0.4) is 0 Å². The van der Waals surface area contributed by atoms with Gasteiger partial charge in [0.05, 0.1) is 6.42 Å². The summed E-state index contributed by atoms with van der Waals surface area (Å²) in [4.78, 5) is 37.1. The Morgan fingerprint density at radius 1 is 1.35 bits per heavy atom. The van der Waals surface area contributed by atoms with Crippen LogP contribution in [0.1, 0.15) is 19.3 Å². The Bertz CT molecular complexity index is 385. The van der Waals surface area contributed by atoms with Gasteiger partial charge < -0.3 is 25.3 Å². The summed E-state index contributed by atoms with van der Waals surface area (Å²) in [5, 5.41) is 19.8. The molecule has 2 atom stereocenters. The molecule has 0 aliphatic carbocycles. The SMILES string of the molecule is CN(C)CC1CCCN1C(=O)N[C@@H](CC(=O)O)C(=O)O. The molecular weight excluding hydrogens is 266 g/mol. The molecule has 1 fully saturated rings. The summed E-state index contributed by atoms with van der Waals surface area (Å²) < 4.78 is 0. The highest BCUT2D eigenvalue weighted by Gasteiger charge is 2.32. The van der Waals surface area contributed by atoms with Gasteiger partial charge in [-0.2, -0.15) is 0 Å². The zero-order valence-electron chi connectivity index (χ0n) is 11.7. The minimum absolute atomic E-state index is 0.0317. The number of carbonyl (C=O) groups excluding carboxylic acids is 1. The topological polar surface area (TPSA) is 110 Å². The number of hydrogen-bond acceptors (Lipinski definition) is 4. The molecule has 0 radical (unpaired) electrons. The van der Waals surface area contributed by atoms with E-state index < -0.39 is 30.4 Å². The summed E-state index contributed by atoms with van der Waals surface area (Å²) in [5.74, 6) is -2.60. The first-order valence-electron chi connectivity index (χ1n) is 6.47. The lowest BCUT2D eigenvalue weighted by molar-refractivity contribution is -0.145. The van der Waals surface area contributed by atoms with E-state index in [1.54, 1.807) is 4.90 Å². The summed E-state index contributed by atoms with van der Waals surface area (Å²) in [6.45, 7) is 1.26. The summed E-state index contributed by atoms with van der Waals surface area (Å²) in [6.07, 6.45) is 1.10. The number of aliphatic carboxylic acids is 2. The second-order valence-electron chi connectivity index (χ2n) is 5.19. The smallest absolute Gasteiger partial charge is 0.326 e. The summed E-state index contributed by atoms with van der Waals surface area (Å²) in [6, 6.07) is -1.88. The molecule has 1 aliphatic heterocycles. The lowest BCUT2D eigenvalue weighted by Crippen LogP contribution is -2.51. The van der Waals surface area contributed by atoms with Gasteiger partial charge in [0.15, 0.2) is 0 Å². The van der Waals surface area contributed by atoms with Gasteiger partial charge in [-0.3, -0.25) is 4.79 Å². The molecule has 1 rings (SSSR count). The van der Waals surface area contributed by atoms with E-state index in [2.05, 4.69) is 5.32 Å². The maximum Gasteiger partial charge on any atom is 0.326 e. The summed E-state index contributed by atoms with van der Waals surface area (Å²) in [5.41, 5.74) is 0. The first kappa shape index (κ1) is 16.2. The van der Waals surface area contributed by atoms with Crippen LogP contribution in [0.15, 0.2) is 0 Å². The van der Waals surface area contributed by atoms with E-state index in [0.29, 0.717) is 13.1 Å². The lowest BCUT2D eigenvalue weighted by Gasteiger charge is -2.28. The first-order chi connectivity index (χ1) is 9.31. The standard InChI is InChI=1S/C12H21N3O5/c1-14(2)7-8-4-3-5-15(8)12(20)13-9(11(18)19)6-10(16)17/h8-9H,3-7H2,1-2H3,(H,13,20)(H,16,17)(H,18,19)/t8?,9-/m0/s1. The first-order valence-corrected chi connectivity index (χ1v) is 6.47. The third-order valence-corrected chi connectivity index (χ3v) is 3.19. The molecule has 1 aliphatic rings. The predicted octanol–water partition coefficient (Wildman–Crippen LogP) is -0.350. The van der Waals surface area contributed by atoms with Crippen LogP contribution in [0, 0.1) is 0 Å². The third-order valence-electron chi connectivity index (χ3n) is 3.19. The maximum atomic E-state index is 12.1. The summed E-state index contributed by atoms with van der Waals surface area (Å²) in [7, 11) is 3.80. The summed E-state index contributed by atoms with van der Waals surface area (Å²) >= 11 is 0. The van der Waals surface area contributed by atoms with Gasteiger partial charge in [-0.1, -0.05) is 0 Å². The molecule has 0 aromatic rings. The van der Waals surface area contributed by atoms with Crippen molar-refractivity contribution in [1.82, 2.24) is 15.1 Å². The molecule has 2 amide bonds. The van der Waals surface area contributed by atoms with Crippen LogP contribution in [-0.4, -0.2) is 77.3 Å². The fourth-order valence-corrected chi connectivity index (χ4v) is 2.32. The molecule has 114 valence electrons. The minimum Gasteiger partial charge on any atom is -0.481 e. The van der Waals surface area contributed by atoms with Crippen molar-refractivity contribution in [2.45, 2.75) is 31.3 Å². The van der Waals surface area contributed by atoms with E-state index in [0.717, 1.165) is 12.8 Å². The fourth-order valence-electron chi connectivity index (χ4n) is 2.32. The minimum atomic E-state index is -1.40. The Balaban J connectivity index is 2.63. The molecule has 0 aromatic heterocycles. The molecule has 0 bridgehead atoms. The maximum absolute atomic E-state index is 12.1. The number of nitrogens with zero attached hydrogens (tertiary/aromatic N) is 2. The molecule has 1 unspecified atom stereocenters. The Kier molecular flexibility index (Phi) is 5.75. The highest BCUT2D eigenvalue weighted by molar-refractivity contribution is 5.86. The van der Waals surface area contributed by atoms with Crippen LogP contribution >= 0.6 is 0 Å². The van der Waals surface area contributed by atoms with Crippen molar-refractivity contribution in [2.24, 2.45) is 0 Å². The number of carboxylic acid groups (broad SMARTS) is 2. The predicted molar refractivity (Wildman–Crippen MR) is 70.5 cm³/mol. The monoisotopic (exact) mass is 287 g/mol. The molecule has 8 heteroatoms. The number of hydrogen-bond donors (Lipinski definition) is 3. The zero-order valence-corrected chi connectivity index (χ0v) is 11.7.